The summed E-state index contributed by atoms with van der Waals surface area (Å²) in [6, 6.07) is 6.08. The van der Waals surface area contributed by atoms with E-state index in [2.05, 4.69) is 41.5 Å². The molecule has 0 saturated heterocycles. The third kappa shape index (κ3) is 21.4. The van der Waals surface area contributed by atoms with Gasteiger partial charge in [-0.25, -0.2) is 0 Å². The van der Waals surface area contributed by atoms with Crippen molar-refractivity contribution >= 4 is 16.6 Å². The van der Waals surface area contributed by atoms with Crippen molar-refractivity contribution in [1.82, 2.24) is 0 Å². The summed E-state index contributed by atoms with van der Waals surface area (Å²) in [5.41, 5.74) is 0. The fraction of sp³-hybridized carbons (Fsp3) is 1.00. The van der Waals surface area contributed by atoms with Crippen LogP contribution in [0.4, 0.5) is 0 Å². The summed E-state index contributed by atoms with van der Waals surface area (Å²) in [4.78, 5) is 19.2. The van der Waals surface area contributed by atoms with Crippen LogP contribution in [0.15, 0.2) is 0 Å². The SMILES string of the molecule is CC[Si](O)(CC)CC.CC[Si](O)(CC)CC.OC1CCCCC1.OC1CCCCC1.[Zr]. The van der Waals surface area contributed by atoms with Crippen LogP contribution in [-0.2, 0) is 26.2 Å². The monoisotopic (exact) mass is 554 g/mol. The maximum Gasteiger partial charge on any atom is 0.187 e. The zero-order valence-electron chi connectivity index (χ0n) is 21.8. The van der Waals surface area contributed by atoms with Crippen LogP contribution in [0.5, 0.6) is 0 Å². The Morgan fingerprint density at radius 3 is 0.742 bits per heavy atom. The molecule has 2 fully saturated rings. The summed E-state index contributed by atoms with van der Waals surface area (Å²) in [5.74, 6) is 0. The molecule has 0 unspecified atom stereocenters. The minimum absolute atomic E-state index is 0. The summed E-state index contributed by atoms with van der Waals surface area (Å²) >= 11 is 0. The Balaban J connectivity index is -0.000000334. The second kappa shape index (κ2) is 22.9. The van der Waals surface area contributed by atoms with Crippen molar-refractivity contribution < 1.29 is 46.0 Å². The van der Waals surface area contributed by atoms with Gasteiger partial charge in [0.15, 0.2) is 16.6 Å². The van der Waals surface area contributed by atoms with Crippen LogP contribution in [0.2, 0.25) is 36.3 Å². The van der Waals surface area contributed by atoms with Crippen LogP contribution in [-0.4, -0.2) is 48.6 Å². The van der Waals surface area contributed by atoms with E-state index in [4.69, 9.17) is 10.2 Å². The smallest absolute Gasteiger partial charge is 0.187 e. The summed E-state index contributed by atoms with van der Waals surface area (Å²) in [6.07, 6.45) is 11.8. The van der Waals surface area contributed by atoms with Crippen molar-refractivity contribution in [2.45, 2.75) is 154 Å². The predicted molar refractivity (Wildman–Crippen MR) is 137 cm³/mol. The minimum Gasteiger partial charge on any atom is -0.432 e. The zero-order valence-corrected chi connectivity index (χ0v) is 26.2. The van der Waals surface area contributed by atoms with Gasteiger partial charge in [-0.15, -0.1) is 0 Å². The Labute approximate surface area is 216 Å². The molecule has 0 heterocycles. The normalized spacial score (nSPS) is 17.6. The summed E-state index contributed by atoms with van der Waals surface area (Å²) in [5, 5.41) is 17.8. The number of aliphatic hydroxyl groups is 2. The molecule has 4 N–H and O–H groups in total. The largest absolute Gasteiger partial charge is 0.432 e. The molecule has 0 bridgehead atoms. The molecule has 0 aliphatic heterocycles. The molecule has 0 aromatic carbocycles. The number of rotatable bonds is 6. The van der Waals surface area contributed by atoms with Crippen molar-refractivity contribution in [3.63, 3.8) is 0 Å². The third-order valence-electron chi connectivity index (χ3n) is 7.10. The molecule has 0 aromatic heterocycles. The van der Waals surface area contributed by atoms with Crippen LogP contribution in [0.1, 0.15) is 106 Å². The molecule has 31 heavy (non-hydrogen) atoms. The van der Waals surface area contributed by atoms with Gasteiger partial charge in [-0.1, -0.05) is 80.1 Å². The topological polar surface area (TPSA) is 80.9 Å². The van der Waals surface area contributed by atoms with Gasteiger partial charge in [0, 0.05) is 26.2 Å². The zero-order chi connectivity index (χ0) is 23.5. The van der Waals surface area contributed by atoms with Crippen molar-refractivity contribution in [3.05, 3.63) is 0 Å². The van der Waals surface area contributed by atoms with Gasteiger partial charge in [-0.2, -0.15) is 0 Å². The van der Waals surface area contributed by atoms with Gasteiger partial charge in [0.25, 0.3) is 0 Å². The number of hydrogen-bond acceptors (Lipinski definition) is 4. The fourth-order valence-electron chi connectivity index (χ4n) is 3.66. The standard InChI is InChI=1S/2C6H16OSi.2C6H12O.Zr/c2*1-4-8(7,5-2)6-3;2*7-6-4-2-1-3-5-6;/h2*7H,4-6H2,1-3H3;2*6-7H,1-5H2;. The molecule has 0 amide bonds. The van der Waals surface area contributed by atoms with Gasteiger partial charge in [-0.05, 0) is 61.9 Å². The molecule has 0 atom stereocenters. The molecule has 2 aliphatic carbocycles. The van der Waals surface area contributed by atoms with Crippen LogP contribution in [0.3, 0.4) is 0 Å². The average Bonchev–Trinajstić information content (AvgIpc) is 2.80. The summed E-state index contributed by atoms with van der Waals surface area (Å²) in [6.45, 7) is 12.5. The van der Waals surface area contributed by atoms with Crippen molar-refractivity contribution in [2.75, 3.05) is 0 Å². The first-order chi connectivity index (χ1) is 14.2. The summed E-state index contributed by atoms with van der Waals surface area (Å²) in [7, 11) is -3.34. The Kier molecular flexibility index (Phi) is 27.2. The first-order valence-corrected chi connectivity index (χ1v) is 18.1. The molecule has 188 valence electrons. The van der Waals surface area contributed by atoms with Gasteiger partial charge in [0.2, 0.25) is 0 Å². The van der Waals surface area contributed by atoms with Gasteiger partial charge in [-0.3, -0.25) is 0 Å². The molecular formula is C24H56O4Si2Zr. The summed E-state index contributed by atoms with van der Waals surface area (Å²) < 4.78 is 0. The second-order valence-corrected chi connectivity index (χ2v) is 18.3. The van der Waals surface area contributed by atoms with Crippen molar-refractivity contribution in [1.29, 1.82) is 0 Å². The maximum atomic E-state index is 9.58. The van der Waals surface area contributed by atoms with E-state index >= 15 is 0 Å². The first kappa shape index (κ1) is 36.7. The van der Waals surface area contributed by atoms with Crippen molar-refractivity contribution in [3.8, 4) is 0 Å². The molecule has 0 aromatic rings. The average molecular weight is 556 g/mol. The van der Waals surface area contributed by atoms with Crippen molar-refractivity contribution in [2.24, 2.45) is 0 Å². The van der Waals surface area contributed by atoms with E-state index in [1.807, 2.05) is 0 Å². The maximum absolute atomic E-state index is 9.58. The van der Waals surface area contributed by atoms with Crippen LogP contribution in [0.25, 0.3) is 0 Å². The predicted octanol–water partition coefficient (Wildman–Crippen LogP) is 6.59. The Morgan fingerprint density at radius 1 is 0.484 bits per heavy atom. The molecule has 2 aliphatic rings. The van der Waals surface area contributed by atoms with E-state index in [1.165, 1.54) is 38.5 Å². The van der Waals surface area contributed by atoms with Crippen LogP contribution >= 0.6 is 0 Å². The number of hydrogen-bond donors (Lipinski definition) is 4. The van der Waals surface area contributed by atoms with Gasteiger partial charge >= 0.3 is 0 Å². The molecule has 0 spiro atoms. The second-order valence-electron chi connectivity index (χ2n) is 9.15. The number of aliphatic hydroxyl groups excluding tert-OH is 2. The van der Waals surface area contributed by atoms with Gasteiger partial charge in [0.05, 0.1) is 12.2 Å². The Morgan fingerprint density at radius 2 is 0.677 bits per heavy atom. The van der Waals surface area contributed by atoms with Crippen LogP contribution < -0.4 is 0 Å². The minimum atomic E-state index is -1.67. The third-order valence-corrected chi connectivity index (χ3v) is 15.0. The van der Waals surface area contributed by atoms with E-state index in [9.17, 15) is 9.59 Å². The van der Waals surface area contributed by atoms with E-state index in [0.29, 0.717) is 0 Å². The van der Waals surface area contributed by atoms with E-state index < -0.39 is 16.6 Å². The van der Waals surface area contributed by atoms with Gasteiger partial charge < -0.3 is 19.8 Å². The van der Waals surface area contributed by atoms with E-state index in [-0.39, 0.29) is 38.4 Å². The molecular weight excluding hydrogens is 500 g/mol. The molecule has 2 rings (SSSR count). The molecule has 0 radical (unpaired) electrons. The van der Waals surface area contributed by atoms with Crippen LogP contribution in [0, 0.1) is 0 Å². The Hall–Kier alpha value is 1.16. The molecule has 4 nitrogen and oxygen atoms in total. The molecule has 7 heteroatoms. The van der Waals surface area contributed by atoms with E-state index in [0.717, 1.165) is 61.9 Å². The fourth-order valence-corrected chi connectivity index (χ4v) is 6.66. The van der Waals surface area contributed by atoms with E-state index in [1.54, 1.807) is 0 Å². The quantitative estimate of drug-likeness (QED) is 0.279. The van der Waals surface area contributed by atoms with Gasteiger partial charge in [0.1, 0.15) is 0 Å². The molecule has 2 saturated carbocycles. The Bertz CT molecular complexity index is 305. The first-order valence-electron chi connectivity index (χ1n) is 13.0.